The fourth-order valence-electron chi connectivity index (χ4n) is 4.09. The van der Waals surface area contributed by atoms with Crippen molar-refractivity contribution in [3.8, 4) is 5.69 Å². The lowest BCUT2D eigenvalue weighted by Gasteiger charge is -2.33. The van der Waals surface area contributed by atoms with Gasteiger partial charge in [0.15, 0.2) is 0 Å². The molecule has 0 radical (unpaired) electrons. The van der Waals surface area contributed by atoms with E-state index in [0.717, 1.165) is 31.6 Å². The summed E-state index contributed by atoms with van der Waals surface area (Å²) in [5.41, 5.74) is 1.51. The van der Waals surface area contributed by atoms with E-state index in [0.29, 0.717) is 17.6 Å². The number of carbonyl (C=O) groups is 1. The van der Waals surface area contributed by atoms with Gasteiger partial charge in [0, 0.05) is 24.2 Å². The fraction of sp³-hybridized carbons (Fsp3) is 0.529. The van der Waals surface area contributed by atoms with E-state index in [1.165, 1.54) is 19.2 Å². The Morgan fingerprint density at radius 1 is 1.17 bits per heavy atom. The molecule has 2 fully saturated rings. The van der Waals surface area contributed by atoms with Crippen LogP contribution in [0.2, 0.25) is 0 Å². The van der Waals surface area contributed by atoms with Crippen molar-refractivity contribution in [2.24, 2.45) is 0 Å². The van der Waals surface area contributed by atoms with E-state index in [2.05, 4.69) is 32.4 Å². The molecule has 0 N–H and O–H groups in total. The molecule has 7 nitrogen and oxygen atoms in total. The Bertz CT molecular complexity index is 716. The Kier molecular flexibility index (Phi) is 4.02. The highest BCUT2D eigenvalue weighted by Gasteiger charge is 2.38. The number of carbonyl (C=O) groups excluding carboxylic acids is 1. The van der Waals surface area contributed by atoms with Gasteiger partial charge in [0.25, 0.3) is 5.91 Å². The highest BCUT2D eigenvalue weighted by atomic mass is 16.2. The van der Waals surface area contributed by atoms with Crippen molar-refractivity contribution in [3.05, 3.63) is 36.2 Å². The van der Waals surface area contributed by atoms with Gasteiger partial charge in [-0.1, -0.05) is 6.07 Å². The van der Waals surface area contributed by atoms with Gasteiger partial charge in [-0.15, -0.1) is 5.10 Å². The summed E-state index contributed by atoms with van der Waals surface area (Å²) in [4.78, 5) is 17.6. The topological polar surface area (TPSA) is 67.2 Å². The van der Waals surface area contributed by atoms with Gasteiger partial charge in [-0.25, -0.2) is 4.68 Å². The molecule has 0 bridgehead atoms. The van der Waals surface area contributed by atoms with Gasteiger partial charge in [0.2, 0.25) is 0 Å². The predicted octanol–water partition coefficient (Wildman–Crippen LogP) is 1.36. The van der Waals surface area contributed by atoms with Gasteiger partial charge in [-0.2, -0.15) is 0 Å². The smallest absolute Gasteiger partial charge is 0.254 e. The van der Waals surface area contributed by atoms with Crippen LogP contribution >= 0.6 is 0 Å². The maximum Gasteiger partial charge on any atom is 0.254 e. The van der Waals surface area contributed by atoms with Crippen LogP contribution in [0.25, 0.3) is 5.69 Å². The van der Waals surface area contributed by atoms with Gasteiger partial charge in [-0.05, 0) is 67.9 Å². The molecule has 7 heteroatoms. The van der Waals surface area contributed by atoms with E-state index in [-0.39, 0.29) is 5.91 Å². The molecule has 2 atom stereocenters. The minimum atomic E-state index is 0.118. The second-order valence-corrected chi connectivity index (χ2v) is 6.70. The zero-order valence-corrected chi connectivity index (χ0v) is 13.9. The van der Waals surface area contributed by atoms with Gasteiger partial charge in [0.1, 0.15) is 6.33 Å². The summed E-state index contributed by atoms with van der Waals surface area (Å²) in [7, 11) is 2.18. The molecule has 1 aromatic heterocycles. The van der Waals surface area contributed by atoms with Crippen LogP contribution in [0.4, 0.5) is 0 Å². The van der Waals surface area contributed by atoms with Gasteiger partial charge >= 0.3 is 0 Å². The molecular formula is C17H22N6O. The number of amides is 1. The number of likely N-dealkylation sites (tertiary alicyclic amines) is 2. The second-order valence-electron chi connectivity index (χ2n) is 6.70. The van der Waals surface area contributed by atoms with Crippen LogP contribution in [0.15, 0.2) is 30.6 Å². The number of likely N-dealkylation sites (N-methyl/N-ethyl adjacent to an activating group) is 1. The lowest BCUT2D eigenvalue weighted by atomic mass is 10.0. The first-order valence-electron chi connectivity index (χ1n) is 8.58. The molecule has 2 saturated heterocycles. The first kappa shape index (κ1) is 15.3. The Hall–Kier alpha value is -2.28. The first-order chi connectivity index (χ1) is 11.7. The molecule has 3 heterocycles. The minimum absolute atomic E-state index is 0.118. The number of nitrogens with zero attached hydrogens (tertiary/aromatic N) is 6. The van der Waals surface area contributed by atoms with Crippen LogP contribution < -0.4 is 0 Å². The number of hydrogen-bond acceptors (Lipinski definition) is 5. The van der Waals surface area contributed by atoms with E-state index >= 15 is 0 Å². The molecule has 0 saturated carbocycles. The molecule has 2 aliphatic rings. The summed E-state index contributed by atoms with van der Waals surface area (Å²) in [6.45, 7) is 1.99. The van der Waals surface area contributed by atoms with E-state index in [1.807, 2.05) is 24.3 Å². The SMILES string of the molecule is CN1CCC[C@@H]1[C@@H]1CCCN1C(=O)c1cccc(-n2cnnn2)c1. The number of rotatable bonds is 3. The molecule has 126 valence electrons. The first-order valence-corrected chi connectivity index (χ1v) is 8.58. The maximum absolute atomic E-state index is 13.1. The number of aromatic nitrogens is 4. The van der Waals surface area contributed by atoms with E-state index in [9.17, 15) is 4.79 Å². The van der Waals surface area contributed by atoms with Crippen molar-refractivity contribution in [1.29, 1.82) is 0 Å². The molecule has 1 aromatic carbocycles. The Morgan fingerprint density at radius 2 is 2.00 bits per heavy atom. The molecule has 0 aliphatic carbocycles. The number of tetrazole rings is 1. The molecule has 1 amide bonds. The molecule has 0 spiro atoms. The summed E-state index contributed by atoms with van der Waals surface area (Å²) >= 11 is 0. The number of hydrogen-bond donors (Lipinski definition) is 0. The average Bonchev–Trinajstić information content (AvgIpc) is 3.35. The quantitative estimate of drug-likeness (QED) is 0.852. The Morgan fingerprint density at radius 3 is 2.75 bits per heavy atom. The van der Waals surface area contributed by atoms with Crippen LogP contribution in [0.3, 0.4) is 0 Å². The van der Waals surface area contributed by atoms with E-state index < -0.39 is 0 Å². The third-order valence-electron chi connectivity index (χ3n) is 5.29. The van der Waals surface area contributed by atoms with Crippen LogP contribution in [0, 0.1) is 0 Å². The molecule has 2 aliphatic heterocycles. The maximum atomic E-state index is 13.1. The Labute approximate surface area is 141 Å². The number of benzene rings is 1. The van der Waals surface area contributed by atoms with Gasteiger partial charge in [0.05, 0.1) is 5.69 Å². The fourth-order valence-corrected chi connectivity index (χ4v) is 4.09. The highest BCUT2D eigenvalue weighted by molar-refractivity contribution is 5.95. The molecule has 24 heavy (non-hydrogen) atoms. The molecule has 2 aromatic rings. The largest absolute Gasteiger partial charge is 0.334 e. The van der Waals surface area contributed by atoms with Crippen LogP contribution in [-0.2, 0) is 0 Å². The summed E-state index contributed by atoms with van der Waals surface area (Å²) in [6.07, 6.45) is 6.15. The molecular weight excluding hydrogens is 304 g/mol. The minimum Gasteiger partial charge on any atom is -0.334 e. The Balaban J connectivity index is 1.58. The van der Waals surface area contributed by atoms with Crippen molar-refractivity contribution < 1.29 is 4.79 Å². The third-order valence-corrected chi connectivity index (χ3v) is 5.29. The average molecular weight is 326 g/mol. The zero-order chi connectivity index (χ0) is 16.5. The highest BCUT2D eigenvalue weighted by Crippen LogP contribution is 2.30. The van der Waals surface area contributed by atoms with Crippen molar-refractivity contribution in [2.75, 3.05) is 20.1 Å². The summed E-state index contributed by atoms with van der Waals surface area (Å²) in [6, 6.07) is 8.37. The normalized spacial score (nSPS) is 24.6. The van der Waals surface area contributed by atoms with E-state index in [4.69, 9.17) is 0 Å². The van der Waals surface area contributed by atoms with Crippen LogP contribution in [0.5, 0.6) is 0 Å². The lowest BCUT2D eigenvalue weighted by Crippen LogP contribution is -2.47. The van der Waals surface area contributed by atoms with Crippen LogP contribution in [-0.4, -0.2) is 68.1 Å². The third kappa shape index (κ3) is 2.69. The van der Waals surface area contributed by atoms with Crippen LogP contribution in [0.1, 0.15) is 36.0 Å². The summed E-state index contributed by atoms with van der Waals surface area (Å²) in [5.74, 6) is 0.118. The molecule has 0 unspecified atom stereocenters. The monoisotopic (exact) mass is 326 g/mol. The van der Waals surface area contributed by atoms with Crippen molar-refractivity contribution in [2.45, 2.75) is 37.8 Å². The van der Waals surface area contributed by atoms with Crippen molar-refractivity contribution >= 4 is 5.91 Å². The molecule has 4 rings (SSSR count). The standard InChI is InChI=1S/C17H22N6O/c1-21-9-3-7-15(21)16-8-4-10-22(16)17(24)13-5-2-6-14(11-13)23-12-18-19-20-23/h2,5-6,11-12,15-16H,3-4,7-10H2,1H3/t15-,16+/m1/s1. The lowest BCUT2D eigenvalue weighted by molar-refractivity contribution is 0.0664. The second kappa shape index (κ2) is 6.32. The van der Waals surface area contributed by atoms with Gasteiger partial charge < -0.3 is 9.80 Å². The summed E-state index contributed by atoms with van der Waals surface area (Å²) in [5, 5.41) is 11.2. The van der Waals surface area contributed by atoms with E-state index in [1.54, 1.807) is 4.68 Å². The zero-order valence-electron chi connectivity index (χ0n) is 13.9. The predicted molar refractivity (Wildman–Crippen MR) is 88.9 cm³/mol. The van der Waals surface area contributed by atoms with Crippen molar-refractivity contribution in [1.82, 2.24) is 30.0 Å². The van der Waals surface area contributed by atoms with Crippen molar-refractivity contribution in [3.63, 3.8) is 0 Å². The summed E-state index contributed by atoms with van der Waals surface area (Å²) < 4.78 is 1.57. The van der Waals surface area contributed by atoms with Gasteiger partial charge in [-0.3, -0.25) is 4.79 Å².